The molecule has 0 spiro atoms. The smallest absolute Gasteiger partial charge is 0.342 e. The molecule has 2 N–H and O–H groups in total. The van der Waals surface area contributed by atoms with Crippen LogP contribution >= 0.6 is 0 Å². The van der Waals surface area contributed by atoms with Gasteiger partial charge in [0.05, 0.1) is 12.8 Å². The molecule has 21 heavy (non-hydrogen) atoms. The Labute approximate surface area is 121 Å². The second-order valence-corrected chi connectivity index (χ2v) is 5.78. The highest BCUT2D eigenvalue weighted by atomic mass is 32.2. The van der Waals surface area contributed by atoms with E-state index in [1.165, 1.54) is 6.20 Å². The molecule has 0 radical (unpaired) electrons. The number of carbonyl (C=O) groups is 1. The molecule has 9 heteroatoms. The number of anilines is 1. The maximum Gasteiger partial charge on any atom is 0.342 e. The van der Waals surface area contributed by atoms with Crippen LogP contribution in [0.4, 0.5) is 5.82 Å². The van der Waals surface area contributed by atoms with Gasteiger partial charge in [-0.2, -0.15) is 13.5 Å². The van der Waals surface area contributed by atoms with Gasteiger partial charge in [-0.15, -0.1) is 0 Å². The molecule has 0 aliphatic rings. The minimum absolute atomic E-state index is 0.135. The molecule has 2 aromatic heterocycles. The monoisotopic (exact) mass is 310 g/mol. The molecule has 2 heterocycles. The zero-order valence-electron chi connectivity index (χ0n) is 11.5. The summed E-state index contributed by atoms with van der Waals surface area (Å²) in [5.74, 6) is -0.608. The highest BCUT2D eigenvalue weighted by Gasteiger charge is 2.26. The predicted octanol–water partition coefficient (Wildman–Crippen LogP) is 1.09. The molecule has 0 amide bonds. The van der Waals surface area contributed by atoms with Gasteiger partial charge in [0, 0.05) is 6.20 Å². The van der Waals surface area contributed by atoms with E-state index in [1.54, 1.807) is 26.0 Å². The van der Waals surface area contributed by atoms with Gasteiger partial charge in [-0.25, -0.2) is 9.78 Å². The Balaban J connectivity index is 2.32. The van der Waals surface area contributed by atoms with E-state index in [-0.39, 0.29) is 23.0 Å². The number of ether oxygens (including phenoxy) is 1. The minimum atomic E-state index is -4.01. The summed E-state index contributed by atoms with van der Waals surface area (Å²) < 4.78 is 31.6. The number of aromatic nitrogens is 3. The van der Waals surface area contributed by atoms with Gasteiger partial charge in [0.1, 0.15) is 11.4 Å². The van der Waals surface area contributed by atoms with E-state index >= 15 is 0 Å². The summed E-state index contributed by atoms with van der Waals surface area (Å²) in [6, 6.07) is 3.30. The van der Waals surface area contributed by atoms with Crippen LogP contribution in [0.1, 0.15) is 22.8 Å². The van der Waals surface area contributed by atoms with Crippen LogP contribution in [-0.4, -0.2) is 36.2 Å². The van der Waals surface area contributed by atoms with Crippen molar-refractivity contribution in [3.05, 3.63) is 35.7 Å². The number of esters is 1. The van der Waals surface area contributed by atoms with Crippen molar-refractivity contribution in [3.63, 3.8) is 0 Å². The van der Waals surface area contributed by atoms with Crippen LogP contribution in [0.2, 0.25) is 0 Å². The number of aromatic amines is 1. The summed E-state index contributed by atoms with van der Waals surface area (Å²) in [5.41, 5.74) is 0.690. The van der Waals surface area contributed by atoms with Crippen molar-refractivity contribution in [2.24, 2.45) is 0 Å². The molecule has 0 aromatic carbocycles. The van der Waals surface area contributed by atoms with E-state index in [9.17, 15) is 13.2 Å². The van der Waals surface area contributed by atoms with Crippen molar-refractivity contribution in [3.8, 4) is 0 Å². The Morgan fingerprint density at radius 2 is 2.24 bits per heavy atom. The molecule has 2 aromatic rings. The molecule has 0 fully saturated rings. The summed E-state index contributed by atoms with van der Waals surface area (Å²) in [7, 11) is -4.01. The predicted molar refractivity (Wildman–Crippen MR) is 74.3 cm³/mol. The third kappa shape index (κ3) is 3.37. The third-order valence-corrected chi connectivity index (χ3v) is 3.85. The number of H-pyrrole nitrogens is 1. The van der Waals surface area contributed by atoms with Crippen LogP contribution in [-0.2, 0) is 14.8 Å². The molecule has 0 unspecified atom stereocenters. The highest BCUT2D eigenvalue weighted by Crippen LogP contribution is 2.17. The van der Waals surface area contributed by atoms with Gasteiger partial charge in [-0.3, -0.25) is 9.82 Å². The fraction of sp³-hybridized carbons (Fsp3) is 0.250. The lowest BCUT2D eigenvalue weighted by Gasteiger charge is -2.07. The molecule has 0 aliphatic heterocycles. The van der Waals surface area contributed by atoms with Crippen LogP contribution < -0.4 is 4.72 Å². The van der Waals surface area contributed by atoms with Gasteiger partial charge in [0.25, 0.3) is 10.0 Å². The zero-order valence-corrected chi connectivity index (χ0v) is 12.3. The Bertz CT molecular complexity index is 754. The quantitative estimate of drug-likeness (QED) is 0.799. The molecule has 0 aliphatic carbocycles. The first-order valence-electron chi connectivity index (χ1n) is 6.10. The lowest BCUT2D eigenvalue weighted by Crippen LogP contribution is -2.18. The average molecular weight is 310 g/mol. The lowest BCUT2D eigenvalue weighted by atomic mass is 10.3. The largest absolute Gasteiger partial charge is 0.462 e. The number of nitrogens with zero attached hydrogens (tertiary/aromatic N) is 2. The number of hydrogen-bond donors (Lipinski definition) is 2. The number of aryl methyl sites for hydroxylation is 1. The zero-order chi connectivity index (χ0) is 15.5. The van der Waals surface area contributed by atoms with Gasteiger partial charge in [-0.1, -0.05) is 0 Å². The van der Waals surface area contributed by atoms with E-state index in [4.69, 9.17) is 4.74 Å². The van der Waals surface area contributed by atoms with Gasteiger partial charge >= 0.3 is 5.97 Å². The van der Waals surface area contributed by atoms with E-state index in [1.807, 2.05) is 0 Å². The van der Waals surface area contributed by atoms with Crippen LogP contribution in [0.25, 0.3) is 0 Å². The second-order valence-electron chi connectivity index (χ2n) is 4.16. The first kappa shape index (κ1) is 15.0. The van der Waals surface area contributed by atoms with E-state index < -0.39 is 16.0 Å². The van der Waals surface area contributed by atoms with E-state index in [2.05, 4.69) is 19.9 Å². The molecule has 0 saturated heterocycles. The first-order valence-corrected chi connectivity index (χ1v) is 7.58. The summed E-state index contributed by atoms with van der Waals surface area (Å²) >= 11 is 0. The fourth-order valence-electron chi connectivity index (χ4n) is 1.61. The standard InChI is InChI=1S/C12H14N4O4S/c1-3-20-12(17)9-7-14-15-11(9)21(18,19)16-10-6-8(2)4-5-13-10/h4-7H,3H2,1-2H3,(H,13,16)(H,14,15). The van der Waals surface area contributed by atoms with Crippen molar-refractivity contribution in [2.45, 2.75) is 18.9 Å². The van der Waals surface area contributed by atoms with E-state index in [0.29, 0.717) is 0 Å². The number of hydrogen-bond acceptors (Lipinski definition) is 6. The normalized spacial score (nSPS) is 11.1. The summed E-state index contributed by atoms with van der Waals surface area (Å²) in [4.78, 5) is 15.6. The van der Waals surface area contributed by atoms with Crippen LogP contribution in [0, 0.1) is 6.92 Å². The molecular weight excluding hydrogens is 296 g/mol. The van der Waals surface area contributed by atoms with Crippen LogP contribution in [0.3, 0.4) is 0 Å². The Morgan fingerprint density at radius 1 is 1.48 bits per heavy atom. The SMILES string of the molecule is CCOC(=O)c1cn[nH]c1S(=O)(=O)Nc1cc(C)ccn1. The van der Waals surface area contributed by atoms with Gasteiger partial charge in [-0.05, 0) is 31.5 Å². The number of nitrogens with one attached hydrogen (secondary N) is 2. The average Bonchev–Trinajstić information content (AvgIpc) is 2.88. The Hall–Kier alpha value is -2.42. The van der Waals surface area contributed by atoms with Crippen molar-refractivity contribution < 1.29 is 17.9 Å². The highest BCUT2D eigenvalue weighted by molar-refractivity contribution is 7.92. The van der Waals surface area contributed by atoms with Crippen molar-refractivity contribution in [2.75, 3.05) is 11.3 Å². The van der Waals surface area contributed by atoms with Crippen LogP contribution in [0.5, 0.6) is 0 Å². The Kier molecular flexibility index (Phi) is 4.22. The number of carbonyl (C=O) groups excluding carboxylic acids is 1. The summed E-state index contributed by atoms with van der Waals surface area (Å²) in [5, 5.41) is 5.52. The summed E-state index contributed by atoms with van der Waals surface area (Å²) in [6.45, 7) is 3.57. The van der Waals surface area contributed by atoms with Gasteiger partial charge in [0.15, 0.2) is 5.03 Å². The number of sulfonamides is 1. The molecule has 0 saturated carbocycles. The second kappa shape index (κ2) is 5.92. The van der Waals surface area contributed by atoms with Gasteiger partial charge < -0.3 is 4.74 Å². The minimum Gasteiger partial charge on any atom is -0.462 e. The third-order valence-electron chi connectivity index (χ3n) is 2.52. The summed E-state index contributed by atoms with van der Waals surface area (Å²) in [6.07, 6.45) is 2.59. The Morgan fingerprint density at radius 3 is 2.90 bits per heavy atom. The fourth-order valence-corrected chi connectivity index (χ4v) is 2.70. The number of pyridine rings is 1. The number of rotatable bonds is 5. The van der Waals surface area contributed by atoms with Gasteiger partial charge in [0.2, 0.25) is 0 Å². The molecule has 2 rings (SSSR count). The maximum atomic E-state index is 12.3. The lowest BCUT2D eigenvalue weighted by molar-refractivity contribution is 0.0522. The van der Waals surface area contributed by atoms with Crippen molar-refractivity contribution in [1.29, 1.82) is 0 Å². The first-order chi connectivity index (χ1) is 9.94. The van der Waals surface area contributed by atoms with E-state index in [0.717, 1.165) is 11.8 Å². The topological polar surface area (TPSA) is 114 Å². The molecule has 0 bridgehead atoms. The molecule has 8 nitrogen and oxygen atoms in total. The molecular formula is C12H14N4O4S. The van der Waals surface area contributed by atoms with Crippen molar-refractivity contribution in [1.82, 2.24) is 15.2 Å². The van der Waals surface area contributed by atoms with Crippen LogP contribution in [0.15, 0.2) is 29.6 Å². The molecule has 0 atom stereocenters. The van der Waals surface area contributed by atoms with Crippen molar-refractivity contribution >= 4 is 21.8 Å². The molecule has 112 valence electrons. The maximum absolute atomic E-state index is 12.3.